The van der Waals surface area contributed by atoms with E-state index in [0.29, 0.717) is 31.7 Å². The Kier molecular flexibility index (Phi) is 7.75. The summed E-state index contributed by atoms with van der Waals surface area (Å²) in [6.07, 6.45) is 0.691. The molecule has 0 heterocycles. The van der Waals surface area contributed by atoms with E-state index in [-0.39, 0.29) is 12.5 Å². The number of aliphatic carboxylic acids is 1. The first-order chi connectivity index (χ1) is 10.9. The third-order valence-electron chi connectivity index (χ3n) is 3.88. The summed E-state index contributed by atoms with van der Waals surface area (Å²) in [5.41, 5.74) is 2.78. The lowest BCUT2D eigenvalue weighted by atomic mass is 10.0. The first kappa shape index (κ1) is 19.2. The van der Waals surface area contributed by atoms with Gasteiger partial charge in [-0.25, -0.2) is 0 Å². The Morgan fingerprint density at radius 1 is 1.26 bits per heavy atom. The van der Waals surface area contributed by atoms with Crippen molar-refractivity contribution in [1.29, 1.82) is 0 Å². The van der Waals surface area contributed by atoms with E-state index in [1.54, 1.807) is 17.9 Å². The van der Waals surface area contributed by atoms with Crippen molar-refractivity contribution in [2.45, 2.75) is 34.1 Å². The van der Waals surface area contributed by atoms with Crippen molar-refractivity contribution >= 4 is 11.9 Å². The summed E-state index contributed by atoms with van der Waals surface area (Å²) in [6, 6.07) is 5.58. The normalized spacial score (nSPS) is 12.0. The van der Waals surface area contributed by atoms with Gasteiger partial charge >= 0.3 is 5.97 Å². The predicted molar refractivity (Wildman–Crippen MR) is 89.7 cm³/mol. The van der Waals surface area contributed by atoms with Crippen molar-refractivity contribution in [3.8, 4) is 0 Å². The first-order valence-corrected chi connectivity index (χ1v) is 8.03. The Bertz CT molecular complexity index is 542. The van der Waals surface area contributed by atoms with Crippen molar-refractivity contribution in [2.24, 2.45) is 5.92 Å². The van der Waals surface area contributed by atoms with Gasteiger partial charge in [-0.05, 0) is 50.5 Å². The highest BCUT2D eigenvalue weighted by Crippen LogP contribution is 2.14. The first-order valence-electron chi connectivity index (χ1n) is 8.03. The fourth-order valence-corrected chi connectivity index (χ4v) is 2.24. The molecule has 5 heteroatoms. The summed E-state index contributed by atoms with van der Waals surface area (Å²) in [5, 5.41) is 9.11. The van der Waals surface area contributed by atoms with Gasteiger partial charge in [0.2, 0.25) is 0 Å². The largest absolute Gasteiger partial charge is 0.481 e. The molecule has 1 aromatic carbocycles. The Hall–Kier alpha value is -1.88. The van der Waals surface area contributed by atoms with E-state index in [9.17, 15) is 9.59 Å². The van der Waals surface area contributed by atoms with Crippen molar-refractivity contribution in [3.63, 3.8) is 0 Å². The van der Waals surface area contributed by atoms with Crippen LogP contribution in [-0.4, -0.2) is 48.2 Å². The topological polar surface area (TPSA) is 66.8 Å². The number of hydrogen-bond donors (Lipinski definition) is 1. The fraction of sp³-hybridized carbons (Fsp3) is 0.556. The molecule has 0 fully saturated rings. The molecule has 1 unspecified atom stereocenters. The lowest BCUT2D eigenvalue weighted by Gasteiger charge is -2.25. The molecule has 0 spiro atoms. The third-order valence-corrected chi connectivity index (χ3v) is 3.88. The molecule has 0 aliphatic carbocycles. The molecule has 0 radical (unpaired) electrons. The standard InChI is InChI=1S/C18H27NO4/c1-5-23-10-6-9-19(12-15(4)18(21)22)17(20)16-8-7-13(2)14(3)11-16/h7-8,11,15H,5-6,9-10,12H2,1-4H3,(H,21,22). The van der Waals surface area contributed by atoms with Crippen LogP contribution in [0.5, 0.6) is 0 Å². The van der Waals surface area contributed by atoms with E-state index in [1.807, 2.05) is 32.9 Å². The summed E-state index contributed by atoms with van der Waals surface area (Å²) in [5.74, 6) is -1.62. The molecule has 5 nitrogen and oxygen atoms in total. The summed E-state index contributed by atoms with van der Waals surface area (Å²) in [6.45, 7) is 9.39. The van der Waals surface area contributed by atoms with Gasteiger partial charge in [0.05, 0.1) is 5.92 Å². The molecule has 1 atom stereocenters. The number of carboxylic acid groups (broad SMARTS) is 1. The predicted octanol–water partition coefficient (Wildman–Crippen LogP) is 2.89. The van der Waals surface area contributed by atoms with Crippen LogP contribution in [0, 0.1) is 19.8 Å². The molecule has 1 N–H and O–H groups in total. The average Bonchev–Trinajstić information content (AvgIpc) is 2.52. The van der Waals surface area contributed by atoms with Gasteiger partial charge in [0.15, 0.2) is 0 Å². The van der Waals surface area contributed by atoms with Crippen LogP contribution in [0.3, 0.4) is 0 Å². The minimum absolute atomic E-state index is 0.127. The molecule has 23 heavy (non-hydrogen) atoms. The third kappa shape index (κ3) is 6.02. The number of rotatable bonds is 9. The Morgan fingerprint density at radius 2 is 1.96 bits per heavy atom. The van der Waals surface area contributed by atoms with Crippen LogP contribution in [0.15, 0.2) is 18.2 Å². The molecule has 0 aromatic heterocycles. The molecule has 0 aliphatic heterocycles. The molecule has 0 saturated heterocycles. The maximum absolute atomic E-state index is 12.7. The number of benzene rings is 1. The van der Waals surface area contributed by atoms with Crippen molar-refractivity contribution < 1.29 is 19.4 Å². The highest BCUT2D eigenvalue weighted by Gasteiger charge is 2.21. The number of amides is 1. The van der Waals surface area contributed by atoms with Crippen LogP contribution in [-0.2, 0) is 9.53 Å². The Morgan fingerprint density at radius 3 is 2.52 bits per heavy atom. The van der Waals surface area contributed by atoms with E-state index in [2.05, 4.69) is 0 Å². The number of aryl methyl sites for hydroxylation is 2. The number of ether oxygens (including phenoxy) is 1. The van der Waals surface area contributed by atoms with E-state index in [4.69, 9.17) is 9.84 Å². The molecule has 0 saturated carbocycles. The van der Waals surface area contributed by atoms with E-state index < -0.39 is 11.9 Å². The van der Waals surface area contributed by atoms with Gasteiger partial charge in [0.1, 0.15) is 0 Å². The fourth-order valence-electron chi connectivity index (χ4n) is 2.24. The van der Waals surface area contributed by atoms with Gasteiger partial charge < -0.3 is 14.7 Å². The van der Waals surface area contributed by atoms with Gasteiger partial charge in [-0.3, -0.25) is 9.59 Å². The average molecular weight is 321 g/mol. The maximum atomic E-state index is 12.7. The lowest BCUT2D eigenvalue weighted by Crippen LogP contribution is -2.38. The number of carbonyl (C=O) groups is 2. The molecule has 1 rings (SSSR count). The molecular formula is C18H27NO4. The molecule has 128 valence electrons. The minimum atomic E-state index is -0.896. The van der Waals surface area contributed by atoms with Gasteiger partial charge in [0, 0.05) is 31.9 Å². The highest BCUT2D eigenvalue weighted by molar-refractivity contribution is 5.94. The highest BCUT2D eigenvalue weighted by atomic mass is 16.5. The quantitative estimate of drug-likeness (QED) is 0.710. The SMILES string of the molecule is CCOCCCN(CC(C)C(=O)O)C(=O)c1ccc(C)c(C)c1. The van der Waals surface area contributed by atoms with E-state index in [0.717, 1.165) is 11.1 Å². The minimum Gasteiger partial charge on any atom is -0.481 e. The van der Waals surface area contributed by atoms with Crippen LogP contribution < -0.4 is 0 Å². The van der Waals surface area contributed by atoms with E-state index in [1.165, 1.54) is 0 Å². The van der Waals surface area contributed by atoms with E-state index >= 15 is 0 Å². The van der Waals surface area contributed by atoms with Crippen molar-refractivity contribution in [1.82, 2.24) is 4.90 Å². The molecule has 0 aliphatic rings. The second-order valence-electron chi connectivity index (χ2n) is 5.84. The molecule has 1 amide bonds. The molecule has 0 bridgehead atoms. The van der Waals surface area contributed by atoms with Crippen LogP contribution in [0.1, 0.15) is 41.8 Å². The van der Waals surface area contributed by atoms with Crippen LogP contribution in [0.4, 0.5) is 0 Å². The zero-order valence-corrected chi connectivity index (χ0v) is 14.5. The summed E-state index contributed by atoms with van der Waals surface area (Å²) in [7, 11) is 0. The Balaban J connectivity index is 2.85. The summed E-state index contributed by atoms with van der Waals surface area (Å²) in [4.78, 5) is 25.4. The number of carbonyl (C=O) groups excluding carboxylic acids is 1. The monoisotopic (exact) mass is 321 g/mol. The summed E-state index contributed by atoms with van der Waals surface area (Å²) < 4.78 is 5.30. The van der Waals surface area contributed by atoms with Crippen LogP contribution >= 0.6 is 0 Å². The van der Waals surface area contributed by atoms with Gasteiger partial charge in [-0.15, -0.1) is 0 Å². The second kappa shape index (κ2) is 9.30. The molecule has 1 aromatic rings. The second-order valence-corrected chi connectivity index (χ2v) is 5.84. The van der Waals surface area contributed by atoms with Gasteiger partial charge in [0.25, 0.3) is 5.91 Å². The van der Waals surface area contributed by atoms with Gasteiger partial charge in [-0.1, -0.05) is 13.0 Å². The number of hydrogen-bond acceptors (Lipinski definition) is 3. The number of nitrogens with zero attached hydrogens (tertiary/aromatic N) is 1. The smallest absolute Gasteiger partial charge is 0.308 e. The van der Waals surface area contributed by atoms with Gasteiger partial charge in [-0.2, -0.15) is 0 Å². The maximum Gasteiger partial charge on any atom is 0.308 e. The van der Waals surface area contributed by atoms with Crippen LogP contribution in [0.2, 0.25) is 0 Å². The molecular weight excluding hydrogens is 294 g/mol. The van der Waals surface area contributed by atoms with Crippen molar-refractivity contribution in [2.75, 3.05) is 26.3 Å². The zero-order valence-electron chi connectivity index (χ0n) is 14.5. The summed E-state index contributed by atoms with van der Waals surface area (Å²) >= 11 is 0. The zero-order chi connectivity index (χ0) is 17.4. The Labute approximate surface area is 138 Å². The van der Waals surface area contributed by atoms with Crippen LogP contribution in [0.25, 0.3) is 0 Å². The van der Waals surface area contributed by atoms with Crippen molar-refractivity contribution in [3.05, 3.63) is 34.9 Å². The lowest BCUT2D eigenvalue weighted by molar-refractivity contribution is -0.141. The number of carboxylic acids is 1.